The monoisotopic (exact) mass is 329 g/mol. The van der Waals surface area contributed by atoms with Gasteiger partial charge in [-0.2, -0.15) is 0 Å². The van der Waals surface area contributed by atoms with Gasteiger partial charge in [-0.1, -0.05) is 18.2 Å². The van der Waals surface area contributed by atoms with Gasteiger partial charge in [-0.25, -0.2) is 9.78 Å². The van der Waals surface area contributed by atoms with Gasteiger partial charge in [0.1, 0.15) is 5.01 Å². The van der Waals surface area contributed by atoms with Gasteiger partial charge in [-0.15, -0.1) is 11.3 Å². The minimum atomic E-state index is -0.0454. The first-order valence-electron chi connectivity index (χ1n) is 7.89. The van der Waals surface area contributed by atoms with E-state index in [0.717, 1.165) is 43.3 Å². The zero-order chi connectivity index (χ0) is 15.7. The van der Waals surface area contributed by atoms with Crippen LogP contribution < -0.4 is 10.2 Å². The Morgan fingerprint density at radius 1 is 1.35 bits per heavy atom. The molecule has 5 nitrogen and oxygen atoms in total. The predicted octanol–water partition coefficient (Wildman–Crippen LogP) is 2.92. The molecule has 120 valence electrons. The average Bonchev–Trinajstić information content (AvgIpc) is 3.21. The average molecular weight is 329 g/mol. The van der Waals surface area contributed by atoms with E-state index in [2.05, 4.69) is 22.4 Å². The van der Waals surface area contributed by atoms with Crippen LogP contribution in [0.25, 0.3) is 0 Å². The third-order valence-electron chi connectivity index (χ3n) is 4.80. The number of carbonyl (C=O) groups is 1. The van der Waals surface area contributed by atoms with Crippen molar-refractivity contribution >= 4 is 23.1 Å². The Bertz CT molecular complexity index is 696. The lowest BCUT2D eigenvalue weighted by Gasteiger charge is -2.34. The number of aromatic nitrogens is 1. The summed E-state index contributed by atoms with van der Waals surface area (Å²) in [5, 5.41) is 5.84. The highest BCUT2D eigenvalue weighted by Crippen LogP contribution is 2.46. The van der Waals surface area contributed by atoms with Crippen molar-refractivity contribution in [3.8, 4) is 0 Å². The Kier molecular flexibility index (Phi) is 3.79. The van der Waals surface area contributed by atoms with Crippen molar-refractivity contribution in [2.75, 3.05) is 24.7 Å². The summed E-state index contributed by atoms with van der Waals surface area (Å²) in [7, 11) is 0. The van der Waals surface area contributed by atoms with Crippen LogP contribution in [0.2, 0.25) is 0 Å². The molecule has 0 bridgehead atoms. The standard InChI is InChI=1S/C17H19N3O2S/c21-16(19-11-15-18-7-10-23-15)20-12-17(5-8-22-9-6-17)13-3-1-2-4-14(13)20/h1-4,7,10H,5-6,8-9,11-12H2,(H,19,21). The Morgan fingerprint density at radius 3 is 2.96 bits per heavy atom. The number of amides is 2. The van der Waals surface area contributed by atoms with E-state index in [-0.39, 0.29) is 11.4 Å². The molecule has 2 aliphatic rings. The van der Waals surface area contributed by atoms with E-state index in [1.165, 1.54) is 5.56 Å². The fraction of sp³-hybridized carbons (Fsp3) is 0.412. The quantitative estimate of drug-likeness (QED) is 0.922. The number of thiazole rings is 1. The molecular weight excluding hydrogens is 310 g/mol. The van der Waals surface area contributed by atoms with Gasteiger partial charge in [0.05, 0.1) is 6.54 Å². The number of anilines is 1. The molecule has 1 saturated heterocycles. The van der Waals surface area contributed by atoms with E-state index < -0.39 is 0 Å². The van der Waals surface area contributed by atoms with E-state index >= 15 is 0 Å². The number of rotatable bonds is 2. The van der Waals surface area contributed by atoms with Gasteiger partial charge in [0.25, 0.3) is 0 Å². The van der Waals surface area contributed by atoms with Crippen LogP contribution in [-0.4, -0.2) is 30.8 Å². The third-order valence-corrected chi connectivity index (χ3v) is 5.58. The Morgan fingerprint density at radius 2 is 2.17 bits per heavy atom. The summed E-state index contributed by atoms with van der Waals surface area (Å²) in [6, 6.07) is 8.22. The van der Waals surface area contributed by atoms with E-state index in [9.17, 15) is 4.79 Å². The van der Waals surface area contributed by atoms with Gasteiger partial charge in [-0.3, -0.25) is 4.90 Å². The van der Waals surface area contributed by atoms with Gasteiger partial charge < -0.3 is 10.1 Å². The minimum absolute atomic E-state index is 0.0454. The molecule has 6 heteroatoms. The number of carbonyl (C=O) groups excluding carboxylic acids is 1. The minimum Gasteiger partial charge on any atom is -0.381 e. The van der Waals surface area contributed by atoms with Crippen molar-refractivity contribution in [2.24, 2.45) is 0 Å². The SMILES string of the molecule is O=C(NCc1nccs1)N1CC2(CCOCC2)c2ccccc21. The lowest BCUT2D eigenvalue weighted by atomic mass is 9.76. The van der Waals surface area contributed by atoms with E-state index in [1.54, 1.807) is 17.5 Å². The molecule has 1 aromatic heterocycles. The number of ether oxygens (including phenoxy) is 1. The fourth-order valence-corrected chi connectivity index (χ4v) is 4.14. The molecule has 0 unspecified atom stereocenters. The third kappa shape index (κ3) is 2.62. The lowest BCUT2D eigenvalue weighted by Crippen LogP contribution is -2.44. The van der Waals surface area contributed by atoms with E-state index in [1.807, 2.05) is 22.4 Å². The zero-order valence-corrected chi connectivity index (χ0v) is 13.6. The molecule has 2 aliphatic heterocycles. The number of hydrogen-bond acceptors (Lipinski definition) is 4. The highest BCUT2D eigenvalue weighted by molar-refractivity contribution is 7.09. The normalized spacial score (nSPS) is 18.9. The van der Waals surface area contributed by atoms with Crippen LogP contribution in [0, 0.1) is 0 Å². The first-order valence-corrected chi connectivity index (χ1v) is 8.77. The maximum Gasteiger partial charge on any atom is 0.322 e. The molecule has 0 atom stereocenters. The van der Waals surface area contributed by atoms with Crippen LogP contribution in [0.15, 0.2) is 35.8 Å². The molecular formula is C17H19N3O2S. The van der Waals surface area contributed by atoms with Gasteiger partial charge >= 0.3 is 6.03 Å². The molecule has 2 aromatic rings. The molecule has 0 radical (unpaired) electrons. The number of hydrogen-bond donors (Lipinski definition) is 1. The summed E-state index contributed by atoms with van der Waals surface area (Å²) >= 11 is 1.55. The number of para-hydroxylation sites is 1. The van der Waals surface area contributed by atoms with Crippen LogP contribution in [-0.2, 0) is 16.7 Å². The predicted molar refractivity (Wildman–Crippen MR) is 89.9 cm³/mol. The van der Waals surface area contributed by atoms with Crippen molar-refractivity contribution in [2.45, 2.75) is 24.8 Å². The molecule has 2 amide bonds. The van der Waals surface area contributed by atoms with Crippen LogP contribution in [0.3, 0.4) is 0 Å². The molecule has 0 aliphatic carbocycles. The van der Waals surface area contributed by atoms with Crippen molar-refractivity contribution in [3.05, 3.63) is 46.4 Å². The Hall–Kier alpha value is -1.92. The summed E-state index contributed by atoms with van der Waals surface area (Å²) in [6.07, 6.45) is 3.70. The number of nitrogens with one attached hydrogen (secondary N) is 1. The van der Waals surface area contributed by atoms with Gasteiger partial charge in [0.15, 0.2) is 0 Å². The van der Waals surface area contributed by atoms with Crippen molar-refractivity contribution in [3.63, 3.8) is 0 Å². The molecule has 4 rings (SSSR count). The van der Waals surface area contributed by atoms with Crippen LogP contribution in [0.1, 0.15) is 23.4 Å². The summed E-state index contributed by atoms with van der Waals surface area (Å²) in [4.78, 5) is 18.8. The molecule has 23 heavy (non-hydrogen) atoms. The van der Waals surface area contributed by atoms with Gasteiger partial charge in [-0.05, 0) is 24.5 Å². The lowest BCUT2D eigenvalue weighted by molar-refractivity contribution is 0.0556. The number of urea groups is 1. The smallest absolute Gasteiger partial charge is 0.322 e. The van der Waals surface area contributed by atoms with Crippen molar-refractivity contribution in [1.29, 1.82) is 0 Å². The highest BCUT2D eigenvalue weighted by atomic mass is 32.1. The summed E-state index contributed by atoms with van der Waals surface area (Å²) in [6.45, 7) is 2.75. The highest BCUT2D eigenvalue weighted by Gasteiger charge is 2.45. The summed E-state index contributed by atoms with van der Waals surface area (Å²) in [5.41, 5.74) is 2.37. The number of nitrogens with zero attached hydrogens (tertiary/aromatic N) is 2. The molecule has 0 saturated carbocycles. The van der Waals surface area contributed by atoms with Crippen molar-refractivity contribution < 1.29 is 9.53 Å². The second-order valence-corrected chi connectivity index (χ2v) is 7.06. The fourth-order valence-electron chi connectivity index (χ4n) is 3.59. The second kappa shape index (κ2) is 5.94. The molecule has 1 N–H and O–H groups in total. The maximum atomic E-state index is 12.7. The van der Waals surface area contributed by atoms with Crippen LogP contribution in [0.4, 0.5) is 10.5 Å². The topological polar surface area (TPSA) is 54.5 Å². The van der Waals surface area contributed by atoms with Crippen LogP contribution >= 0.6 is 11.3 Å². The molecule has 1 spiro atoms. The maximum absolute atomic E-state index is 12.7. The first-order chi connectivity index (χ1) is 11.3. The van der Waals surface area contributed by atoms with Gasteiger partial charge in [0.2, 0.25) is 0 Å². The van der Waals surface area contributed by atoms with E-state index in [0.29, 0.717) is 6.54 Å². The van der Waals surface area contributed by atoms with Crippen LogP contribution in [0.5, 0.6) is 0 Å². The largest absolute Gasteiger partial charge is 0.381 e. The summed E-state index contributed by atoms with van der Waals surface area (Å²) < 4.78 is 5.54. The number of benzene rings is 1. The van der Waals surface area contributed by atoms with Gasteiger partial charge in [0, 0.05) is 42.4 Å². The summed E-state index contributed by atoms with van der Waals surface area (Å²) in [5.74, 6) is 0. The zero-order valence-electron chi connectivity index (χ0n) is 12.8. The first kappa shape index (κ1) is 14.7. The molecule has 1 aromatic carbocycles. The Labute approximate surface area is 139 Å². The van der Waals surface area contributed by atoms with E-state index in [4.69, 9.17) is 4.74 Å². The second-order valence-electron chi connectivity index (χ2n) is 6.08. The van der Waals surface area contributed by atoms with Crippen molar-refractivity contribution in [1.82, 2.24) is 10.3 Å². The molecule has 1 fully saturated rings. The Balaban J connectivity index is 1.56. The number of fused-ring (bicyclic) bond motifs is 2. The molecule has 3 heterocycles.